The normalized spacial score (nSPS) is 13.9. The lowest BCUT2D eigenvalue weighted by atomic mass is 9.82. The third kappa shape index (κ3) is 8.49. The molecule has 0 fully saturated rings. The minimum Gasteiger partial charge on any atom is -0.468 e. The van der Waals surface area contributed by atoms with Gasteiger partial charge in [0.25, 0.3) is 0 Å². The number of hydrogen-bond acceptors (Lipinski definition) is 6. The van der Waals surface area contributed by atoms with Gasteiger partial charge in [-0.1, -0.05) is 56.3 Å². The number of amides is 2. The van der Waals surface area contributed by atoms with Crippen LogP contribution >= 0.6 is 0 Å². The van der Waals surface area contributed by atoms with Crippen molar-refractivity contribution in [1.82, 2.24) is 15.3 Å². The maximum absolute atomic E-state index is 13.2. The summed E-state index contributed by atoms with van der Waals surface area (Å²) in [6.07, 6.45) is 6.42. The topological polar surface area (TPSA) is 129 Å². The zero-order valence-electron chi connectivity index (χ0n) is 19.0. The second-order valence-corrected chi connectivity index (χ2v) is 10.1. The van der Waals surface area contributed by atoms with Gasteiger partial charge in [-0.3, -0.25) is 20.2 Å². The third-order valence-corrected chi connectivity index (χ3v) is 6.03. The predicted molar refractivity (Wildman–Crippen MR) is 124 cm³/mol. The summed E-state index contributed by atoms with van der Waals surface area (Å²) in [5.74, 6) is -2.78. The molecule has 10 heteroatoms. The highest BCUT2D eigenvalue weighted by Gasteiger charge is 2.35. The fourth-order valence-electron chi connectivity index (χ4n) is 3.40. The zero-order chi connectivity index (χ0) is 24.4. The Morgan fingerprint density at radius 1 is 1.09 bits per heavy atom. The second kappa shape index (κ2) is 12.3. The molecule has 1 aromatic heterocycles. The molecule has 0 aliphatic carbocycles. The van der Waals surface area contributed by atoms with E-state index in [1.807, 2.05) is 50.3 Å². The SMILES string of the molecule is CC(C)C[C@@H](C(=O)NN(Cc1ccco1)S(C)(=O)=O)[C@H](C/C=C/c1ccccc1)C(=O)NO. The molecule has 0 spiro atoms. The molecule has 180 valence electrons. The number of allylic oxidation sites excluding steroid dienone is 1. The lowest BCUT2D eigenvalue weighted by molar-refractivity contribution is -0.142. The molecular formula is C23H31N3O6S. The molecule has 0 aliphatic rings. The molecule has 0 radical (unpaired) electrons. The molecule has 33 heavy (non-hydrogen) atoms. The van der Waals surface area contributed by atoms with Crippen LogP contribution < -0.4 is 10.9 Å². The summed E-state index contributed by atoms with van der Waals surface area (Å²) in [7, 11) is -3.83. The van der Waals surface area contributed by atoms with Gasteiger partial charge in [-0.2, -0.15) is 0 Å². The van der Waals surface area contributed by atoms with Crippen LogP contribution in [0.3, 0.4) is 0 Å². The van der Waals surface area contributed by atoms with Crippen molar-refractivity contribution in [2.45, 2.75) is 33.2 Å². The Morgan fingerprint density at radius 3 is 2.33 bits per heavy atom. The van der Waals surface area contributed by atoms with Crippen LogP contribution in [0.25, 0.3) is 6.08 Å². The Morgan fingerprint density at radius 2 is 1.79 bits per heavy atom. The largest absolute Gasteiger partial charge is 0.468 e. The average molecular weight is 478 g/mol. The highest BCUT2D eigenvalue weighted by molar-refractivity contribution is 7.88. The highest BCUT2D eigenvalue weighted by Crippen LogP contribution is 2.26. The van der Waals surface area contributed by atoms with Gasteiger partial charge in [0, 0.05) is 0 Å². The lowest BCUT2D eigenvalue weighted by Gasteiger charge is -2.28. The van der Waals surface area contributed by atoms with Gasteiger partial charge in [0.15, 0.2) is 0 Å². The number of hydroxylamine groups is 1. The van der Waals surface area contributed by atoms with Gasteiger partial charge in [0.2, 0.25) is 21.8 Å². The van der Waals surface area contributed by atoms with Crippen molar-refractivity contribution in [2.24, 2.45) is 17.8 Å². The Balaban J connectivity index is 2.26. The van der Waals surface area contributed by atoms with Crippen molar-refractivity contribution in [3.8, 4) is 0 Å². The standard InChI is InChI=1S/C23H31N3O6S/c1-17(2)15-21(20(23(28)25-29)13-7-11-18-9-5-4-6-10-18)22(27)24-26(33(3,30)31)16-19-12-8-14-32-19/h4-12,14,17,20-21,29H,13,15-16H2,1-3H3,(H,24,27)(H,25,28)/b11-7+/t20-,21+/m0/s1. The molecule has 0 bridgehead atoms. The van der Waals surface area contributed by atoms with Crippen molar-refractivity contribution in [2.75, 3.05) is 6.26 Å². The zero-order valence-corrected chi connectivity index (χ0v) is 19.8. The molecule has 2 atom stereocenters. The number of nitrogens with one attached hydrogen (secondary N) is 2. The number of hydrogen-bond donors (Lipinski definition) is 3. The van der Waals surface area contributed by atoms with Crippen LogP contribution in [0.4, 0.5) is 0 Å². The summed E-state index contributed by atoms with van der Waals surface area (Å²) < 4.78 is 30.5. The number of nitrogens with zero attached hydrogens (tertiary/aromatic N) is 1. The quantitative estimate of drug-likeness (QED) is 0.318. The van der Waals surface area contributed by atoms with Crippen LogP contribution in [0, 0.1) is 17.8 Å². The number of benzene rings is 1. The van der Waals surface area contributed by atoms with Gasteiger partial charge in [-0.05, 0) is 36.5 Å². The van der Waals surface area contributed by atoms with Gasteiger partial charge >= 0.3 is 0 Å². The maximum atomic E-state index is 13.2. The molecule has 3 N–H and O–H groups in total. The molecule has 1 heterocycles. The average Bonchev–Trinajstić information content (AvgIpc) is 3.27. The van der Waals surface area contributed by atoms with E-state index in [1.165, 1.54) is 6.26 Å². The molecule has 2 amide bonds. The van der Waals surface area contributed by atoms with Gasteiger partial charge in [0.1, 0.15) is 5.76 Å². The number of carbonyl (C=O) groups is 2. The monoisotopic (exact) mass is 477 g/mol. The summed E-state index contributed by atoms with van der Waals surface area (Å²) in [5.41, 5.74) is 4.99. The van der Waals surface area contributed by atoms with E-state index in [-0.39, 0.29) is 18.9 Å². The van der Waals surface area contributed by atoms with Crippen molar-refractivity contribution < 1.29 is 27.6 Å². The predicted octanol–water partition coefficient (Wildman–Crippen LogP) is 2.96. The van der Waals surface area contributed by atoms with E-state index in [2.05, 4.69) is 5.43 Å². The molecule has 1 aromatic carbocycles. The Kier molecular flexibility index (Phi) is 9.83. The number of carbonyl (C=O) groups excluding carboxylic acids is 2. The molecule has 0 aliphatic heterocycles. The minimum absolute atomic E-state index is 0.0320. The Labute approximate surface area is 194 Å². The van der Waals surface area contributed by atoms with Crippen LogP contribution in [0.15, 0.2) is 59.2 Å². The second-order valence-electron chi connectivity index (χ2n) is 8.19. The van der Waals surface area contributed by atoms with E-state index in [0.717, 1.165) is 16.2 Å². The Bertz CT molecular complexity index is 1020. The van der Waals surface area contributed by atoms with Gasteiger partial charge in [0.05, 0.1) is 30.9 Å². The van der Waals surface area contributed by atoms with Crippen molar-refractivity contribution >= 4 is 27.9 Å². The molecule has 0 saturated carbocycles. The first kappa shape index (κ1) is 26.3. The minimum atomic E-state index is -3.83. The summed E-state index contributed by atoms with van der Waals surface area (Å²) >= 11 is 0. The summed E-state index contributed by atoms with van der Waals surface area (Å²) in [6.45, 7) is 3.59. The highest BCUT2D eigenvalue weighted by atomic mass is 32.2. The number of rotatable bonds is 12. The molecule has 0 unspecified atom stereocenters. The molecule has 0 saturated heterocycles. The van der Waals surface area contributed by atoms with E-state index in [1.54, 1.807) is 23.7 Å². The lowest BCUT2D eigenvalue weighted by Crippen LogP contribution is -2.50. The third-order valence-electron chi connectivity index (χ3n) is 5.01. The summed E-state index contributed by atoms with van der Waals surface area (Å²) in [6, 6.07) is 12.6. The van der Waals surface area contributed by atoms with E-state index >= 15 is 0 Å². The Hall–Kier alpha value is -2.95. The molecule has 9 nitrogen and oxygen atoms in total. The first-order chi connectivity index (χ1) is 15.6. The van der Waals surface area contributed by atoms with Crippen LogP contribution in [0.2, 0.25) is 0 Å². The van der Waals surface area contributed by atoms with Gasteiger partial charge in [-0.15, -0.1) is 4.41 Å². The fraction of sp³-hybridized carbons (Fsp3) is 0.391. The molecule has 2 rings (SSSR count). The number of hydrazine groups is 1. The first-order valence-electron chi connectivity index (χ1n) is 10.6. The van der Waals surface area contributed by atoms with E-state index in [4.69, 9.17) is 4.42 Å². The van der Waals surface area contributed by atoms with Crippen LogP contribution in [-0.2, 0) is 26.2 Å². The first-order valence-corrected chi connectivity index (χ1v) is 12.4. The summed E-state index contributed by atoms with van der Waals surface area (Å²) in [4.78, 5) is 25.7. The van der Waals surface area contributed by atoms with E-state index < -0.39 is 33.7 Å². The van der Waals surface area contributed by atoms with Crippen LogP contribution in [0.1, 0.15) is 38.0 Å². The van der Waals surface area contributed by atoms with E-state index in [9.17, 15) is 23.2 Å². The van der Waals surface area contributed by atoms with Crippen molar-refractivity contribution in [1.29, 1.82) is 0 Å². The van der Waals surface area contributed by atoms with Crippen LogP contribution in [-0.4, -0.2) is 36.1 Å². The molecular weight excluding hydrogens is 446 g/mol. The fourth-order valence-corrected chi connectivity index (χ4v) is 4.02. The smallest absolute Gasteiger partial charge is 0.247 e. The maximum Gasteiger partial charge on any atom is 0.247 e. The van der Waals surface area contributed by atoms with Crippen LogP contribution in [0.5, 0.6) is 0 Å². The van der Waals surface area contributed by atoms with Gasteiger partial charge < -0.3 is 4.42 Å². The van der Waals surface area contributed by atoms with Gasteiger partial charge in [-0.25, -0.2) is 13.9 Å². The number of furan rings is 1. The molecule has 2 aromatic rings. The number of sulfonamides is 1. The van der Waals surface area contributed by atoms with Crippen molar-refractivity contribution in [3.05, 3.63) is 66.1 Å². The van der Waals surface area contributed by atoms with Crippen molar-refractivity contribution in [3.63, 3.8) is 0 Å². The summed E-state index contributed by atoms with van der Waals surface area (Å²) in [5, 5.41) is 9.29. The van der Waals surface area contributed by atoms with E-state index in [0.29, 0.717) is 12.2 Å².